The van der Waals surface area contributed by atoms with E-state index in [0.717, 1.165) is 12.0 Å². The Hall–Kier alpha value is -3.02. The highest BCUT2D eigenvalue weighted by Gasteiger charge is 2.08. The highest BCUT2D eigenvalue weighted by molar-refractivity contribution is 5.80. The number of benzene rings is 2. The summed E-state index contributed by atoms with van der Waals surface area (Å²) in [5.74, 6) is 0.157. The van der Waals surface area contributed by atoms with Crippen molar-refractivity contribution in [3.05, 3.63) is 59.7 Å². The number of carbonyl (C=O) groups is 2. The first-order valence-corrected chi connectivity index (χ1v) is 9.49. The monoisotopic (exact) mass is 385 g/mol. The van der Waals surface area contributed by atoms with Crippen LogP contribution in [0.5, 0.6) is 11.5 Å². The van der Waals surface area contributed by atoms with E-state index in [1.165, 1.54) is 5.56 Å². The molecule has 6 nitrogen and oxygen atoms in total. The SMILES string of the molecule is CCOc1cc(CCNC(=O)CCC(=O)O)ccc1OCCc1ccccc1. The number of hydrogen-bond acceptors (Lipinski definition) is 4. The summed E-state index contributed by atoms with van der Waals surface area (Å²) in [4.78, 5) is 22.1. The number of carbonyl (C=O) groups excluding carboxylic acids is 1. The van der Waals surface area contributed by atoms with Crippen molar-refractivity contribution in [2.75, 3.05) is 19.8 Å². The summed E-state index contributed by atoms with van der Waals surface area (Å²) >= 11 is 0. The van der Waals surface area contributed by atoms with Crippen LogP contribution >= 0.6 is 0 Å². The molecule has 0 unspecified atom stereocenters. The topological polar surface area (TPSA) is 84.9 Å². The molecule has 0 bridgehead atoms. The molecule has 0 heterocycles. The Bertz CT molecular complexity index is 761. The number of aliphatic carboxylic acids is 1. The van der Waals surface area contributed by atoms with Crippen LogP contribution in [0, 0.1) is 0 Å². The molecule has 2 rings (SSSR count). The second-order valence-electron chi connectivity index (χ2n) is 6.29. The number of hydrogen-bond donors (Lipinski definition) is 2. The van der Waals surface area contributed by atoms with Gasteiger partial charge in [0.1, 0.15) is 0 Å². The summed E-state index contributed by atoms with van der Waals surface area (Å²) in [6, 6.07) is 15.9. The van der Waals surface area contributed by atoms with Crippen LogP contribution in [0.15, 0.2) is 48.5 Å². The van der Waals surface area contributed by atoms with Gasteiger partial charge in [-0.2, -0.15) is 0 Å². The molecule has 0 aliphatic heterocycles. The molecule has 2 aromatic carbocycles. The lowest BCUT2D eigenvalue weighted by molar-refractivity contribution is -0.138. The fourth-order valence-corrected chi connectivity index (χ4v) is 2.67. The van der Waals surface area contributed by atoms with E-state index in [4.69, 9.17) is 14.6 Å². The van der Waals surface area contributed by atoms with E-state index in [1.54, 1.807) is 0 Å². The second kappa shape index (κ2) is 11.6. The molecule has 0 aliphatic rings. The van der Waals surface area contributed by atoms with Crippen LogP contribution in [-0.4, -0.2) is 36.7 Å². The maximum atomic E-state index is 11.6. The minimum absolute atomic E-state index is 0.00623. The van der Waals surface area contributed by atoms with E-state index in [0.29, 0.717) is 37.7 Å². The van der Waals surface area contributed by atoms with Gasteiger partial charge in [0.15, 0.2) is 11.5 Å². The summed E-state index contributed by atoms with van der Waals surface area (Å²) in [5.41, 5.74) is 2.23. The standard InChI is InChI=1S/C22H27NO5/c1-2-27-20-16-18(12-14-23-21(24)10-11-22(25)26)8-9-19(20)28-15-13-17-6-4-3-5-7-17/h3-9,16H,2,10-15H2,1H3,(H,23,24)(H,25,26). The molecular weight excluding hydrogens is 358 g/mol. The molecule has 0 fully saturated rings. The molecule has 0 saturated heterocycles. The van der Waals surface area contributed by atoms with Gasteiger partial charge in [-0.1, -0.05) is 36.4 Å². The highest BCUT2D eigenvalue weighted by Crippen LogP contribution is 2.28. The van der Waals surface area contributed by atoms with E-state index in [1.807, 2.05) is 43.3 Å². The van der Waals surface area contributed by atoms with E-state index in [9.17, 15) is 9.59 Å². The van der Waals surface area contributed by atoms with Gasteiger partial charge in [0.05, 0.1) is 19.6 Å². The van der Waals surface area contributed by atoms with Crippen LogP contribution in [0.1, 0.15) is 30.9 Å². The molecule has 0 radical (unpaired) electrons. The predicted octanol–water partition coefficient (Wildman–Crippen LogP) is 3.23. The quantitative estimate of drug-likeness (QED) is 0.586. The molecule has 0 atom stereocenters. The van der Waals surface area contributed by atoms with Gasteiger partial charge >= 0.3 is 5.97 Å². The highest BCUT2D eigenvalue weighted by atomic mass is 16.5. The zero-order chi connectivity index (χ0) is 20.2. The van der Waals surface area contributed by atoms with Crippen LogP contribution in [0.25, 0.3) is 0 Å². The lowest BCUT2D eigenvalue weighted by atomic mass is 10.1. The molecule has 2 aromatic rings. The molecule has 1 amide bonds. The number of carboxylic acids is 1. The number of rotatable bonds is 12. The lowest BCUT2D eigenvalue weighted by Crippen LogP contribution is -2.26. The van der Waals surface area contributed by atoms with Crippen molar-refractivity contribution in [2.24, 2.45) is 0 Å². The van der Waals surface area contributed by atoms with Crippen LogP contribution in [0.2, 0.25) is 0 Å². The van der Waals surface area contributed by atoms with Gasteiger partial charge in [0.2, 0.25) is 5.91 Å². The average molecular weight is 385 g/mol. The van der Waals surface area contributed by atoms with Crippen molar-refractivity contribution < 1.29 is 24.2 Å². The third kappa shape index (κ3) is 7.70. The minimum atomic E-state index is -0.973. The summed E-state index contributed by atoms with van der Waals surface area (Å²) in [7, 11) is 0. The number of carboxylic acid groups (broad SMARTS) is 1. The third-order valence-electron chi connectivity index (χ3n) is 4.10. The van der Waals surface area contributed by atoms with Gasteiger partial charge in [-0.15, -0.1) is 0 Å². The van der Waals surface area contributed by atoms with Crippen molar-refractivity contribution in [3.63, 3.8) is 0 Å². The van der Waals surface area contributed by atoms with Gasteiger partial charge in [0.25, 0.3) is 0 Å². The second-order valence-corrected chi connectivity index (χ2v) is 6.29. The first kappa shape index (κ1) is 21.3. The molecule has 2 N–H and O–H groups in total. The first-order chi connectivity index (χ1) is 13.6. The Labute approximate surface area is 165 Å². The van der Waals surface area contributed by atoms with Gasteiger partial charge in [0, 0.05) is 19.4 Å². The van der Waals surface area contributed by atoms with E-state index >= 15 is 0 Å². The predicted molar refractivity (Wildman–Crippen MR) is 107 cm³/mol. The van der Waals surface area contributed by atoms with Crippen molar-refractivity contribution in [1.82, 2.24) is 5.32 Å². The average Bonchev–Trinajstić information content (AvgIpc) is 2.69. The smallest absolute Gasteiger partial charge is 0.303 e. The van der Waals surface area contributed by atoms with Crippen molar-refractivity contribution in [3.8, 4) is 11.5 Å². The van der Waals surface area contributed by atoms with Crippen LogP contribution < -0.4 is 14.8 Å². The van der Waals surface area contributed by atoms with Crippen molar-refractivity contribution in [1.29, 1.82) is 0 Å². The Balaban J connectivity index is 1.85. The van der Waals surface area contributed by atoms with Gasteiger partial charge in [-0.05, 0) is 36.6 Å². The van der Waals surface area contributed by atoms with Crippen LogP contribution in [0.3, 0.4) is 0 Å². The maximum absolute atomic E-state index is 11.6. The summed E-state index contributed by atoms with van der Waals surface area (Å²) < 4.78 is 11.6. The van der Waals surface area contributed by atoms with Crippen molar-refractivity contribution in [2.45, 2.75) is 32.6 Å². The normalized spacial score (nSPS) is 10.3. The third-order valence-corrected chi connectivity index (χ3v) is 4.10. The van der Waals surface area contributed by atoms with E-state index in [2.05, 4.69) is 17.4 Å². The first-order valence-electron chi connectivity index (χ1n) is 9.49. The van der Waals surface area contributed by atoms with Crippen LogP contribution in [0.4, 0.5) is 0 Å². The number of nitrogens with one attached hydrogen (secondary N) is 1. The number of ether oxygens (including phenoxy) is 2. The largest absolute Gasteiger partial charge is 0.490 e. The summed E-state index contributed by atoms with van der Waals surface area (Å²) in [6.07, 6.45) is 1.28. The Morgan fingerprint density at radius 3 is 2.43 bits per heavy atom. The van der Waals surface area contributed by atoms with E-state index in [-0.39, 0.29) is 18.7 Å². The van der Waals surface area contributed by atoms with E-state index < -0.39 is 5.97 Å². The van der Waals surface area contributed by atoms with Gasteiger partial charge in [-0.25, -0.2) is 0 Å². The molecule has 0 saturated carbocycles. The Kier molecular flexibility index (Phi) is 8.85. The molecular formula is C22H27NO5. The molecule has 28 heavy (non-hydrogen) atoms. The maximum Gasteiger partial charge on any atom is 0.303 e. The fraction of sp³-hybridized carbons (Fsp3) is 0.364. The van der Waals surface area contributed by atoms with Crippen LogP contribution in [-0.2, 0) is 22.4 Å². The lowest BCUT2D eigenvalue weighted by Gasteiger charge is -2.14. The molecule has 6 heteroatoms. The molecule has 0 aromatic heterocycles. The zero-order valence-corrected chi connectivity index (χ0v) is 16.1. The Morgan fingerprint density at radius 2 is 1.71 bits per heavy atom. The summed E-state index contributed by atoms with van der Waals surface area (Å²) in [6.45, 7) is 3.45. The molecule has 0 aliphatic carbocycles. The molecule has 150 valence electrons. The van der Waals surface area contributed by atoms with Gasteiger partial charge in [-0.3, -0.25) is 9.59 Å². The van der Waals surface area contributed by atoms with Crippen molar-refractivity contribution >= 4 is 11.9 Å². The fourth-order valence-electron chi connectivity index (χ4n) is 2.67. The molecule has 0 spiro atoms. The zero-order valence-electron chi connectivity index (χ0n) is 16.1. The number of amides is 1. The summed E-state index contributed by atoms with van der Waals surface area (Å²) in [5, 5.41) is 11.3. The minimum Gasteiger partial charge on any atom is -0.490 e. The van der Waals surface area contributed by atoms with Gasteiger partial charge < -0.3 is 19.9 Å². The Morgan fingerprint density at radius 1 is 0.929 bits per heavy atom.